The Morgan fingerprint density at radius 3 is 2.15 bits per heavy atom. The SMILES string of the molecule is COc1ccc(S(=O)(=O)N(CC(=O)N(Cc2ccc(Cl)c(Cl)c2)[C@H](Cc2ccccc2)C(=O)NC2CCCC2)c2ccc(Cl)cc2)cc1. The first-order valence-electron chi connectivity index (χ1n) is 15.5. The Morgan fingerprint density at radius 2 is 1.52 bits per heavy atom. The van der Waals surface area contributed by atoms with E-state index >= 15 is 0 Å². The highest BCUT2D eigenvalue weighted by atomic mass is 35.5. The highest BCUT2D eigenvalue weighted by molar-refractivity contribution is 7.92. The third kappa shape index (κ3) is 8.82. The van der Waals surface area contributed by atoms with E-state index in [1.807, 2.05) is 30.3 Å². The number of carbonyl (C=O) groups is 2. The van der Waals surface area contributed by atoms with Gasteiger partial charge in [0.05, 0.1) is 27.7 Å². The first-order valence-corrected chi connectivity index (χ1v) is 18.1. The minimum atomic E-state index is -4.28. The number of amides is 2. The van der Waals surface area contributed by atoms with Gasteiger partial charge in [-0.05, 0) is 84.6 Å². The van der Waals surface area contributed by atoms with Gasteiger partial charge in [0, 0.05) is 24.0 Å². The van der Waals surface area contributed by atoms with Crippen LogP contribution in [0.15, 0.2) is 102 Å². The van der Waals surface area contributed by atoms with Crippen LogP contribution in [0.3, 0.4) is 0 Å². The minimum Gasteiger partial charge on any atom is -0.497 e. The van der Waals surface area contributed by atoms with Crippen molar-refractivity contribution in [2.45, 2.75) is 55.6 Å². The van der Waals surface area contributed by atoms with Crippen molar-refractivity contribution in [1.82, 2.24) is 10.2 Å². The Hall–Kier alpha value is -3.76. The van der Waals surface area contributed by atoms with Gasteiger partial charge >= 0.3 is 0 Å². The van der Waals surface area contributed by atoms with Crippen molar-refractivity contribution in [3.63, 3.8) is 0 Å². The van der Waals surface area contributed by atoms with Gasteiger partial charge in [0.25, 0.3) is 10.0 Å². The lowest BCUT2D eigenvalue weighted by Gasteiger charge is -2.34. The zero-order valence-electron chi connectivity index (χ0n) is 26.3. The number of sulfonamides is 1. The molecule has 2 amide bonds. The molecule has 12 heteroatoms. The summed E-state index contributed by atoms with van der Waals surface area (Å²) < 4.78 is 34.7. The predicted molar refractivity (Wildman–Crippen MR) is 190 cm³/mol. The van der Waals surface area contributed by atoms with Crippen LogP contribution in [0.2, 0.25) is 15.1 Å². The summed E-state index contributed by atoms with van der Waals surface area (Å²) in [6.45, 7) is -0.623. The van der Waals surface area contributed by atoms with Gasteiger partial charge in [-0.15, -0.1) is 0 Å². The fraction of sp³-hybridized carbons (Fsp3) is 0.278. The molecule has 4 aromatic rings. The fourth-order valence-electron chi connectivity index (χ4n) is 5.77. The number of nitrogens with one attached hydrogen (secondary N) is 1. The van der Waals surface area contributed by atoms with Gasteiger partial charge < -0.3 is 15.0 Å². The third-order valence-corrected chi connectivity index (χ3v) is 11.1. The maximum Gasteiger partial charge on any atom is 0.264 e. The number of hydrogen-bond donors (Lipinski definition) is 1. The molecule has 0 heterocycles. The number of nitrogens with zero attached hydrogens (tertiary/aromatic N) is 2. The summed E-state index contributed by atoms with van der Waals surface area (Å²) in [6, 6.07) is 25.5. The molecule has 252 valence electrons. The number of carbonyl (C=O) groups excluding carboxylic acids is 2. The van der Waals surface area contributed by atoms with Crippen LogP contribution in [0.5, 0.6) is 5.75 Å². The predicted octanol–water partition coefficient (Wildman–Crippen LogP) is 7.55. The molecule has 0 aromatic heterocycles. The topological polar surface area (TPSA) is 96.0 Å². The van der Waals surface area contributed by atoms with E-state index in [-0.39, 0.29) is 35.5 Å². The summed E-state index contributed by atoms with van der Waals surface area (Å²) in [5.74, 6) is -0.418. The lowest BCUT2D eigenvalue weighted by molar-refractivity contribution is -0.140. The number of ether oxygens (including phenoxy) is 1. The van der Waals surface area contributed by atoms with E-state index in [9.17, 15) is 18.0 Å². The first-order chi connectivity index (χ1) is 23.0. The largest absolute Gasteiger partial charge is 0.497 e. The lowest BCUT2D eigenvalue weighted by atomic mass is 10.0. The Kier molecular flexibility index (Phi) is 11.9. The number of hydrogen-bond acceptors (Lipinski definition) is 5. The maximum absolute atomic E-state index is 14.6. The molecule has 0 saturated heterocycles. The molecule has 0 spiro atoms. The van der Waals surface area contributed by atoms with Crippen molar-refractivity contribution in [2.24, 2.45) is 0 Å². The quantitative estimate of drug-likeness (QED) is 0.154. The molecule has 1 aliphatic rings. The number of halogens is 3. The molecule has 0 radical (unpaired) electrons. The average molecular weight is 729 g/mol. The highest BCUT2D eigenvalue weighted by Crippen LogP contribution is 2.29. The van der Waals surface area contributed by atoms with Gasteiger partial charge in [-0.2, -0.15) is 0 Å². The van der Waals surface area contributed by atoms with Gasteiger partial charge in [0.1, 0.15) is 18.3 Å². The fourth-order valence-corrected chi connectivity index (χ4v) is 7.63. The molecule has 0 unspecified atom stereocenters. The van der Waals surface area contributed by atoms with Gasteiger partial charge in [0.15, 0.2) is 0 Å². The van der Waals surface area contributed by atoms with Crippen molar-refractivity contribution in [2.75, 3.05) is 18.0 Å². The lowest BCUT2D eigenvalue weighted by Crippen LogP contribution is -2.54. The van der Waals surface area contributed by atoms with Crippen molar-refractivity contribution in [3.05, 3.63) is 123 Å². The smallest absolute Gasteiger partial charge is 0.264 e. The monoisotopic (exact) mass is 727 g/mol. The molecule has 1 N–H and O–H groups in total. The van der Waals surface area contributed by atoms with E-state index in [1.54, 1.807) is 30.3 Å². The standard InChI is InChI=1S/C36H36Cl3N3O5S/c1-47-30-16-18-31(19-17-30)48(45,46)42(29-14-12-27(37)13-15-29)24-35(43)41(23-26-11-20-32(38)33(39)21-26)34(22-25-7-3-2-4-8-25)36(44)40-28-9-5-6-10-28/h2-4,7-8,11-21,28,34H,5-6,9-10,22-24H2,1H3,(H,40,44)/t34-/m1/s1. The zero-order chi connectivity index (χ0) is 34.3. The molecule has 4 aromatic carbocycles. The first kappa shape index (κ1) is 35.5. The second kappa shape index (κ2) is 16.1. The summed E-state index contributed by atoms with van der Waals surface area (Å²) >= 11 is 18.7. The van der Waals surface area contributed by atoms with Crippen LogP contribution in [0.1, 0.15) is 36.8 Å². The zero-order valence-corrected chi connectivity index (χ0v) is 29.4. The minimum absolute atomic E-state index is 0.00119. The van der Waals surface area contributed by atoms with Gasteiger partial charge in [0.2, 0.25) is 11.8 Å². The average Bonchev–Trinajstić information content (AvgIpc) is 3.60. The third-order valence-electron chi connectivity index (χ3n) is 8.35. The van der Waals surface area contributed by atoms with Gasteiger partial charge in [-0.25, -0.2) is 8.42 Å². The van der Waals surface area contributed by atoms with Crippen LogP contribution in [0.4, 0.5) is 5.69 Å². The van der Waals surface area contributed by atoms with Crippen molar-refractivity contribution < 1.29 is 22.7 Å². The van der Waals surface area contributed by atoms with Crippen molar-refractivity contribution >= 4 is 62.3 Å². The Morgan fingerprint density at radius 1 is 0.854 bits per heavy atom. The second-order valence-electron chi connectivity index (χ2n) is 11.6. The molecule has 0 bridgehead atoms. The number of benzene rings is 4. The summed E-state index contributed by atoms with van der Waals surface area (Å²) in [7, 11) is -2.80. The Bertz CT molecular complexity index is 1820. The van der Waals surface area contributed by atoms with E-state index < -0.39 is 28.5 Å². The van der Waals surface area contributed by atoms with Crippen LogP contribution in [0, 0.1) is 0 Å². The summed E-state index contributed by atoms with van der Waals surface area (Å²) in [6.07, 6.45) is 3.95. The molecule has 1 aliphatic carbocycles. The van der Waals surface area contributed by atoms with Crippen LogP contribution in [0.25, 0.3) is 0 Å². The van der Waals surface area contributed by atoms with Crippen LogP contribution < -0.4 is 14.4 Å². The summed E-state index contributed by atoms with van der Waals surface area (Å²) in [5.41, 5.74) is 1.70. The Balaban J connectivity index is 1.57. The molecule has 0 aliphatic heterocycles. The Labute approximate surface area is 296 Å². The molecule has 8 nitrogen and oxygen atoms in total. The normalized spacial score (nSPS) is 13.9. The molecule has 1 saturated carbocycles. The van der Waals surface area contributed by atoms with Crippen LogP contribution in [-0.2, 0) is 32.6 Å². The summed E-state index contributed by atoms with van der Waals surface area (Å²) in [4.78, 5) is 30.2. The van der Waals surface area contributed by atoms with Gasteiger partial charge in [-0.1, -0.05) is 84.0 Å². The summed E-state index contributed by atoms with van der Waals surface area (Å²) in [5, 5.41) is 4.20. The van der Waals surface area contributed by atoms with E-state index in [1.165, 1.54) is 48.4 Å². The molecule has 5 rings (SSSR count). The molecular weight excluding hydrogens is 693 g/mol. The maximum atomic E-state index is 14.6. The van der Waals surface area contributed by atoms with E-state index in [0.29, 0.717) is 26.4 Å². The van der Waals surface area contributed by atoms with E-state index in [0.717, 1.165) is 35.6 Å². The van der Waals surface area contributed by atoms with E-state index in [2.05, 4.69) is 5.32 Å². The molecular formula is C36H36Cl3N3O5S. The highest BCUT2D eigenvalue weighted by Gasteiger charge is 2.35. The number of anilines is 1. The van der Waals surface area contributed by atoms with Crippen molar-refractivity contribution in [3.8, 4) is 5.75 Å². The van der Waals surface area contributed by atoms with Gasteiger partial charge in [-0.3, -0.25) is 13.9 Å². The molecule has 1 atom stereocenters. The molecule has 48 heavy (non-hydrogen) atoms. The van der Waals surface area contributed by atoms with E-state index in [4.69, 9.17) is 39.5 Å². The van der Waals surface area contributed by atoms with Crippen LogP contribution in [-0.4, -0.2) is 50.9 Å². The number of methoxy groups -OCH3 is 1. The van der Waals surface area contributed by atoms with Crippen molar-refractivity contribution in [1.29, 1.82) is 0 Å². The number of rotatable bonds is 13. The van der Waals surface area contributed by atoms with Crippen LogP contribution >= 0.6 is 34.8 Å². The molecule has 1 fully saturated rings. The second-order valence-corrected chi connectivity index (χ2v) is 14.7.